The molecular weight excluding hydrogens is 488 g/mol. The van der Waals surface area contributed by atoms with Crippen molar-refractivity contribution in [3.05, 3.63) is 41.5 Å². The Kier molecular flexibility index (Phi) is 10.1. The highest BCUT2D eigenvalue weighted by Gasteiger charge is 2.40. The Morgan fingerprint density at radius 1 is 1.08 bits per heavy atom. The molecule has 0 aliphatic rings. The zero-order chi connectivity index (χ0) is 28.0. The predicted molar refractivity (Wildman–Crippen MR) is 148 cm³/mol. The minimum Gasteiger partial charge on any atom is -0.543 e. The summed E-state index contributed by atoms with van der Waals surface area (Å²) < 4.78 is 17.1. The Morgan fingerprint density at radius 3 is 2.32 bits per heavy atom. The summed E-state index contributed by atoms with van der Waals surface area (Å²) in [7, 11) is 0.394. The number of phenols is 1. The van der Waals surface area contributed by atoms with E-state index in [1.807, 2.05) is 12.1 Å². The second-order valence-electron chi connectivity index (χ2n) is 10.6. The molecule has 0 aromatic heterocycles. The Balaban J connectivity index is 2.85. The number of ether oxygens (including phenoxy) is 2. The molecule has 7 nitrogen and oxygen atoms in total. The van der Waals surface area contributed by atoms with Gasteiger partial charge in [0.05, 0.1) is 25.2 Å². The minimum absolute atomic E-state index is 0.0837. The largest absolute Gasteiger partial charge is 0.543 e. The molecule has 1 N–H and O–H groups in total. The molecule has 0 aliphatic heterocycles. The van der Waals surface area contributed by atoms with E-state index in [1.54, 1.807) is 19.1 Å². The van der Waals surface area contributed by atoms with Crippen LogP contribution < -0.4 is 9.16 Å². The van der Waals surface area contributed by atoms with Gasteiger partial charge in [0.25, 0.3) is 8.32 Å². The van der Waals surface area contributed by atoms with Crippen LogP contribution in [-0.2, 0) is 20.7 Å². The molecule has 0 amide bonds. The highest BCUT2D eigenvalue weighted by atomic mass is 28.4. The molecule has 2 aromatic carbocycles. The van der Waals surface area contributed by atoms with E-state index in [4.69, 9.17) is 13.9 Å². The van der Waals surface area contributed by atoms with Gasteiger partial charge in [-0.05, 0) is 37.0 Å². The van der Waals surface area contributed by atoms with Gasteiger partial charge in [0.1, 0.15) is 23.0 Å². The van der Waals surface area contributed by atoms with Gasteiger partial charge in [-0.15, -0.1) is 0 Å². The van der Waals surface area contributed by atoms with Gasteiger partial charge < -0.3 is 19.0 Å². The standard InChI is InChI=1S/C29H40O7Si/c1-9-19(30)13-10-16-22(31)25-20(15-12-18-24(32)35-6)28(36-37(7,8)29(2,3)4)21-14-11-17-23(34-5)26(21)27(25)33/h11-12,14,17-18,33H,9-10,13,15-16H2,1-8H3. The van der Waals surface area contributed by atoms with Crippen LogP contribution in [0.3, 0.4) is 0 Å². The average molecular weight is 529 g/mol. The molecule has 0 spiro atoms. The van der Waals surface area contributed by atoms with Crippen LogP contribution in [0.15, 0.2) is 30.4 Å². The molecule has 37 heavy (non-hydrogen) atoms. The molecule has 202 valence electrons. The molecule has 0 saturated carbocycles. The maximum atomic E-state index is 13.6. The number of hydrogen-bond donors (Lipinski definition) is 1. The van der Waals surface area contributed by atoms with Gasteiger partial charge in [-0.3, -0.25) is 9.59 Å². The molecule has 8 heteroatoms. The monoisotopic (exact) mass is 528 g/mol. The third kappa shape index (κ3) is 7.00. The van der Waals surface area contributed by atoms with Crippen molar-refractivity contribution in [3.8, 4) is 17.2 Å². The molecule has 0 heterocycles. The van der Waals surface area contributed by atoms with E-state index >= 15 is 0 Å². The molecule has 0 saturated heterocycles. The fourth-order valence-corrected chi connectivity index (χ4v) is 4.84. The van der Waals surface area contributed by atoms with E-state index < -0.39 is 14.3 Å². The van der Waals surface area contributed by atoms with Gasteiger partial charge in [0.15, 0.2) is 5.78 Å². The third-order valence-electron chi connectivity index (χ3n) is 7.01. The maximum Gasteiger partial charge on any atom is 0.330 e. The number of ketones is 2. The summed E-state index contributed by atoms with van der Waals surface area (Å²) in [5.41, 5.74) is 0.624. The second-order valence-corrected chi connectivity index (χ2v) is 15.3. The van der Waals surface area contributed by atoms with E-state index in [0.29, 0.717) is 47.1 Å². The van der Waals surface area contributed by atoms with Gasteiger partial charge in [-0.2, -0.15) is 0 Å². The van der Waals surface area contributed by atoms with Crippen molar-refractivity contribution in [1.29, 1.82) is 0 Å². The van der Waals surface area contributed by atoms with Gasteiger partial charge in [0, 0.05) is 36.3 Å². The molecular formula is C29H40O7Si. The predicted octanol–water partition coefficient (Wildman–Crippen LogP) is 6.54. The van der Waals surface area contributed by atoms with Crippen LogP contribution in [0, 0.1) is 0 Å². The van der Waals surface area contributed by atoms with Crippen LogP contribution in [0.5, 0.6) is 17.2 Å². The first-order valence-corrected chi connectivity index (χ1v) is 15.5. The number of hydrogen-bond acceptors (Lipinski definition) is 7. The highest BCUT2D eigenvalue weighted by Crippen LogP contribution is 2.48. The zero-order valence-corrected chi connectivity index (χ0v) is 24.3. The summed E-state index contributed by atoms with van der Waals surface area (Å²) in [6.45, 7) is 12.4. The quantitative estimate of drug-likeness (QED) is 0.144. The molecule has 0 radical (unpaired) electrons. The topological polar surface area (TPSA) is 99.1 Å². The summed E-state index contributed by atoms with van der Waals surface area (Å²) in [5, 5.41) is 12.4. The highest BCUT2D eigenvalue weighted by molar-refractivity contribution is 6.74. The summed E-state index contributed by atoms with van der Waals surface area (Å²) in [5.74, 6) is -0.00769. The fraction of sp³-hybridized carbons (Fsp3) is 0.483. The molecule has 2 rings (SSSR count). The van der Waals surface area contributed by atoms with E-state index in [2.05, 4.69) is 33.9 Å². The minimum atomic E-state index is -2.40. The van der Waals surface area contributed by atoms with E-state index in [0.717, 1.165) is 0 Å². The number of phenolic OH excluding ortho intramolecular Hbond substituents is 1. The van der Waals surface area contributed by atoms with Gasteiger partial charge in [-0.1, -0.05) is 45.9 Å². The molecule has 0 aliphatic carbocycles. The lowest BCUT2D eigenvalue weighted by Crippen LogP contribution is -2.44. The summed E-state index contributed by atoms with van der Waals surface area (Å²) in [4.78, 5) is 37.2. The van der Waals surface area contributed by atoms with Gasteiger partial charge >= 0.3 is 5.97 Å². The lowest BCUT2D eigenvalue weighted by molar-refractivity contribution is -0.134. The lowest BCUT2D eigenvalue weighted by Gasteiger charge is -2.38. The van der Waals surface area contributed by atoms with Gasteiger partial charge in [-0.25, -0.2) is 4.79 Å². The maximum absolute atomic E-state index is 13.6. The number of benzene rings is 2. The normalized spacial score (nSPS) is 12.1. The summed E-state index contributed by atoms with van der Waals surface area (Å²) in [6, 6.07) is 5.37. The molecule has 0 bridgehead atoms. The Labute approximate surface area is 220 Å². The van der Waals surface area contributed by atoms with E-state index in [1.165, 1.54) is 20.3 Å². The van der Waals surface area contributed by atoms with E-state index in [9.17, 15) is 19.5 Å². The van der Waals surface area contributed by atoms with Gasteiger partial charge in [0.2, 0.25) is 0 Å². The first kappa shape index (κ1) is 30.1. The van der Waals surface area contributed by atoms with Crippen LogP contribution in [0.25, 0.3) is 10.8 Å². The van der Waals surface area contributed by atoms with Crippen LogP contribution in [0.1, 0.15) is 69.3 Å². The van der Waals surface area contributed by atoms with Crippen LogP contribution >= 0.6 is 0 Å². The Morgan fingerprint density at radius 2 is 1.76 bits per heavy atom. The smallest absolute Gasteiger partial charge is 0.330 e. The zero-order valence-electron chi connectivity index (χ0n) is 23.3. The number of rotatable bonds is 12. The molecule has 0 unspecified atom stereocenters. The number of esters is 1. The Hall–Kier alpha value is -3.13. The van der Waals surface area contributed by atoms with Crippen molar-refractivity contribution in [2.24, 2.45) is 0 Å². The fourth-order valence-electron chi connectivity index (χ4n) is 3.79. The Bertz CT molecular complexity index is 1190. The average Bonchev–Trinajstić information content (AvgIpc) is 2.84. The summed E-state index contributed by atoms with van der Waals surface area (Å²) >= 11 is 0. The lowest BCUT2D eigenvalue weighted by atomic mass is 9.91. The third-order valence-corrected chi connectivity index (χ3v) is 11.3. The van der Waals surface area contributed by atoms with Crippen LogP contribution in [-0.4, -0.2) is 45.2 Å². The van der Waals surface area contributed by atoms with Crippen molar-refractivity contribution in [2.45, 2.75) is 77.9 Å². The van der Waals surface area contributed by atoms with Crippen LogP contribution in [0.2, 0.25) is 18.1 Å². The van der Waals surface area contributed by atoms with Crippen molar-refractivity contribution in [3.63, 3.8) is 0 Å². The molecule has 0 atom stereocenters. The number of carbonyl (C=O) groups is 3. The van der Waals surface area contributed by atoms with Crippen molar-refractivity contribution >= 4 is 36.6 Å². The van der Waals surface area contributed by atoms with Crippen molar-refractivity contribution in [2.75, 3.05) is 14.2 Å². The number of Topliss-reactive ketones (excluding diaryl/α,β-unsaturated/α-hetero) is 2. The number of carbonyl (C=O) groups excluding carboxylic acids is 3. The first-order valence-electron chi connectivity index (χ1n) is 12.6. The molecule has 0 fully saturated rings. The number of aromatic hydroxyl groups is 1. The number of methoxy groups -OCH3 is 2. The van der Waals surface area contributed by atoms with E-state index in [-0.39, 0.29) is 40.8 Å². The molecule has 2 aromatic rings. The number of fused-ring (bicyclic) bond motifs is 1. The number of allylic oxidation sites excluding steroid dienone is 1. The van der Waals surface area contributed by atoms with Crippen molar-refractivity contribution < 1.29 is 33.4 Å². The summed E-state index contributed by atoms with van der Waals surface area (Å²) in [6.07, 6.45) is 4.23. The second kappa shape index (κ2) is 12.4. The van der Waals surface area contributed by atoms with Crippen LogP contribution in [0.4, 0.5) is 0 Å². The van der Waals surface area contributed by atoms with Crippen molar-refractivity contribution in [1.82, 2.24) is 0 Å². The SMILES string of the molecule is CCC(=O)CCCC(=O)c1c(CC=CC(=O)OC)c(O[Si](C)(C)C(C)(C)C)c2cccc(OC)c2c1O. The first-order chi connectivity index (χ1) is 17.3.